The Morgan fingerprint density at radius 2 is 2.25 bits per heavy atom. The number of aromatic nitrogens is 1. The molecule has 1 aromatic heterocycles. The van der Waals surface area contributed by atoms with Crippen molar-refractivity contribution in [2.75, 3.05) is 25.5 Å². The van der Waals surface area contributed by atoms with E-state index in [4.69, 9.17) is 10.5 Å². The smallest absolute Gasteiger partial charge is 0.312 e. The number of rotatable bonds is 8. The molecule has 1 rings (SSSR count). The monoisotopic (exact) mass is 304 g/mol. The zero-order chi connectivity index (χ0) is 15.2. The van der Waals surface area contributed by atoms with Gasteiger partial charge in [-0.15, -0.1) is 0 Å². The van der Waals surface area contributed by atoms with E-state index in [-0.39, 0.29) is 17.3 Å². The van der Waals surface area contributed by atoms with Crippen LogP contribution in [-0.4, -0.2) is 38.1 Å². The van der Waals surface area contributed by atoms with Crippen molar-refractivity contribution >= 4 is 21.5 Å². The molecule has 0 saturated heterocycles. The third kappa shape index (κ3) is 4.40. The Bertz CT molecular complexity index is 575. The molecular weight excluding hydrogens is 288 g/mol. The zero-order valence-electron chi connectivity index (χ0n) is 10.9. The van der Waals surface area contributed by atoms with Gasteiger partial charge in [-0.25, -0.2) is 18.1 Å². The normalized spacial score (nSPS) is 11.4. The van der Waals surface area contributed by atoms with Crippen LogP contribution in [0.3, 0.4) is 0 Å². The summed E-state index contributed by atoms with van der Waals surface area (Å²) < 4.78 is 31.2. The molecule has 0 spiro atoms. The van der Waals surface area contributed by atoms with Gasteiger partial charge in [-0.3, -0.25) is 10.1 Å². The van der Waals surface area contributed by atoms with Crippen molar-refractivity contribution in [3.8, 4) is 0 Å². The van der Waals surface area contributed by atoms with Crippen LogP contribution in [0.1, 0.15) is 13.3 Å². The number of hydrogen-bond donors (Lipinski definition) is 2. The number of ether oxygens (including phenoxy) is 1. The molecule has 112 valence electrons. The lowest BCUT2D eigenvalue weighted by Crippen LogP contribution is -2.26. The Kier molecular flexibility index (Phi) is 5.80. The number of nitro groups is 1. The molecule has 3 N–H and O–H groups in total. The SMILES string of the molecule is CCOCCCNS(=O)(=O)c1cnc(N)c([N+](=O)[O-])c1. The zero-order valence-corrected chi connectivity index (χ0v) is 11.7. The molecule has 0 unspecified atom stereocenters. The van der Waals surface area contributed by atoms with Crippen molar-refractivity contribution in [3.63, 3.8) is 0 Å². The highest BCUT2D eigenvalue weighted by atomic mass is 32.2. The third-order valence-corrected chi connectivity index (χ3v) is 3.77. The van der Waals surface area contributed by atoms with Crippen LogP contribution in [0.4, 0.5) is 11.5 Å². The molecule has 0 fully saturated rings. The first kappa shape index (κ1) is 16.3. The summed E-state index contributed by atoms with van der Waals surface area (Å²) in [5.74, 6) is -0.328. The van der Waals surface area contributed by atoms with Gasteiger partial charge in [0, 0.05) is 32.0 Å². The van der Waals surface area contributed by atoms with Crippen LogP contribution in [0, 0.1) is 10.1 Å². The first-order chi connectivity index (χ1) is 9.38. The molecule has 0 amide bonds. The lowest BCUT2D eigenvalue weighted by Gasteiger charge is -2.07. The van der Waals surface area contributed by atoms with Gasteiger partial charge in [0.1, 0.15) is 4.90 Å². The Morgan fingerprint density at radius 1 is 1.55 bits per heavy atom. The minimum absolute atomic E-state index is 0.167. The second-order valence-corrected chi connectivity index (χ2v) is 5.55. The van der Waals surface area contributed by atoms with Crippen LogP contribution in [0.5, 0.6) is 0 Å². The van der Waals surface area contributed by atoms with Gasteiger partial charge in [-0.2, -0.15) is 0 Å². The first-order valence-electron chi connectivity index (χ1n) is 5.85. The molecule has 1 aromatic rings. The van der Waals surface area contributed by atoms with E-state index in [0.717, 1.165) is 12.3 Å². The second-order valence-electron chi connectivity index (χ2n) is 3.78. The summed E-state index contributed by atoms with van der Waals surface area (Å²) in [5.41, 5.74) is 4.76. The van der Waals surface area contributed by atoms with E-state index in [1.165, 1.54) is 0 Å². The minimum atomic E-state index is -3.85. The van der Waals surface area contributed by atoms with E-state index in [2.05, 4.69) is 9.71 Å². The van der Waals surface area contributed by atoms with Crippen molar-refractivity contribution in [2.45, 2.75) is 18.2 Å². The van der Waals surface area contributed by atoms with E-state index >= 15 is 0 Å². The molecule has 0 aliphatic rings. The summed E-state index contributed by atoms with van der Waals surface area (Å²) in [7, 11) is -3.85. The minimum Gasteiger partial charge on any atom is -0.382 e. The Labute approximate surface area is 116 Å². The fourth-order valence-corrected chi connectivity index (χ4v) is 2.38. The highest BCUT2D eigenvalue weighted by Crippen LogP contribution is 2.21. The quantitative estimate of drug-likeness (QED) is 0.399. The fraction of sp³-hybridized carbons (Fsp3) is 0.500. The second kappa shape index (κ2) is 7.12. The number of hydrogen-bond acceptors (Lipinski definition) is 7. The number of nitrogens with zero attached hydrogens (tertiary/aromatic N) is 2. The molecule has 20 heavy (non-hydrogen) atoms. The molecule has 0 saturated carbocycles. The van der Waals surface area contributed by atoms with Gasteiger partial charge in [0.2, 0.25) is 15.8 Å². The van der Waals surface area contributed by atoms with Gasteiger partial charge in [0.25, 0.3) is 0 Å². The molecule has 0 aromatic carbocycles. The summed E-state index contributed by atoms with van der Waals surface area (Å²) in [6.07, 6.45) is 1.48. The standard InChI is InChI=1S/C10H16N4O5S/c1-2-19-5-3-4-13-20(17,18)8-6-9(14(15)16)10(11)12-7-8/h6-7,13H,2-5H2,1H3,(H2,11,12). The summed E-state index contributed by atoms with van der Waals surface area (Å²) >= 11 is 0. The van der Waals surface area contributed by atoms with E-state index in [1.54, 1.807) is 0 Å². The maximum absolute atomic E-state index is 11.9. The molecule has 1 heterocycles. The van der Waals surface area contributed by atoms with Crippen molar-refractivity contribution in [1.29, 1.82) is 0 Å². The van der Waals surface area contributed by atoms with Gasteiger partial charge in [-0.05, 0) is 13.3 Å². The number of nitrogens with two attached hydrogens (primary N) is 1. The van der Waals surface area contributed by atoms with E-state index < -0.39 is 20.6 Å². The van der Waals surface area contributed by atoms with Crippen molar-refractivity contribution < 1.29 is 18.1 Å². The van der Waals surface area contributed by atoms with Crippen molar-refractivity contribution in [2.24, 2.45) is 0 Å². The number of nitrogen functional groups attached to an aromatic ring is 1. The Hall–Kier alpha value is -1.78. The van der Waals surface area contributed by atoms with E-state index in [0.29, 0.717) is 19.6 Å². The largest absolute Gasteiger partial charge is 0.382 e. The van der Waals surface area contributed by atoms with Crippen LogP contribution < -0.4 is 10.5 Å². The Balaban J connectivity index is 2.77. The lowest BCUT2D eigenvalue weighted by atomic mass is 10.4. The van der Waals surface area contributed by atoms with Crippen LogP contribution in [0.2, 0.25) is 0 Å². The summed E-state index contributed by atoms with van der Waals surface area (Å²) in [4.78, 5) is 13.1. The number of anilines is 1. The summed E-state index contributed by atoms with van der Waals surface area (Å²) in [6.45, 7) is 2.99. The highest BCUT2D eigenvalue weighted by Gasteiger charge is 2.20. The predicted molar refractivity (Wildman–Crippen MR) is 71.6 cm³/mol. The van der Waals surface area contributed by atoms with Crippen LogP contribution in [0.15, 0.2) is 17.2 Å². The van der Waals surface area contributed by atoms with E-state index in [9.17, 15) is 18.5 Å². The number of sulfonamides is 1. The molecule has 0 aliphatic heterocycles. The summed E-state index contributed by atoms with van der Waals surface area (Å²) in [6, 6.07) is 0.882. The summed E-state index contributed by atoms with van der Waals surface area (Å²) in [5, 5.41) is 10.7. The Morgan fingerprint density at radius 3 is 2.85 bits per heavy atom. The van der Waals surface area contributed by atoms with Crippen LogP contribution >= 0.6 is 0 Å². The average molecular weight is 304 g/mol. The topological polar surface area (TPSA) is 137 Å². The predicted octanol–water partition coefficient (Wildman–Crippen LogP) is 0.277. The highest BCUT2D eigenvalue weighted by molar-refractivity contribution is 7.89. The fourth-order valence-electron chi connectivity index (χ4n) is 1.35. The van der Waals surface area contributed by atoms with Crippen molar-refractivity contribution in [3.05, 3.63) is 22.4 Å². The number of pyridine rings is 1. The van der Waals surface area contributed by atoms with Crippen LogP contribution in [0.25, 0.3) is 0 Å². The van der Waals surface area contributed by atoms with Gasteiger partial charge in [0.05, 0.1) is 4.92 Å². The molecule has 0 aliphatic carbocycles. The van der Waals surface area contributed by atoms with E-state index in [1.807, 2.05) is 6.92 Å². The molecule has 0 atom stereocenters. The third-order valence-electron chi connectivity index (χ3n) is 2.34. The average Bonchev–Trinajstić information content (AvgIpc) is 2.38. The lowest BCUT2D eigenvalue weighted by molar-refractivity contribution is -0.384. The van der Waals surface area contributed by atoms with Gasteiger partial charge in [-0.1, -0.05) is 0 Å². The van der Waals surface area contributed by atoms with Gasteiger partial charge in [0.15, 0.2) is 0 Å². The van der Waals surface area contributed by atoms with Crippen molar-refractivity contribution in [1.82, 2.24) is 9.71 Å². The number of nitrogens with one attached hydrogen (secondary N) is 1. The van der Waals surface area contributed by atoms with Gasteiger partial charge < -0.3 is 10.5 Å². The molecular formula is C10H16N4O5S. The van der Waals surface area contributed by atoms with Gasteiger partial charge >= 0.3 is 5.69 Å². The molecule has 0 bridgehead atoms. The molecule has 9 nitrogen and oxygen atoms in total. The molecule has 10 heteroatoms. The first-order valence-corrected chi connectivity index (χ1v) is 7.34. The van der Waals surface area contributed by atoms with Crippen LogP contribution in [-0.2, 0) is 14.8 Å². The maximum atomic E-state index is 11.9. The molecule has 0 radical (unpaired) electrons. The maximum Gasteiger partial charge on any atom is 0.312 e.